The first-order chi connectivity index (χ1) is 14.4. The molecule has 0 aromatic carbocycles. The van der Waals surface area contributed by atoms with Gasteiger partial charge in [-0.25, -0.2) is 0 Å². The van der Waals surface area contributed by atoms with Gasteiger partial charge in [0, 0.05) is 36.6 Å². The monoisotopic (exact) mass is 414 g/mol. The molecule has 2 aromatic rings. The largest absolute Gasteiger partial charge is 0.469 e. The van der Waals surface area contributed by atoms with Crippen molar-refractivity contribution in [2.24, 2.45) is 0 Å². The molecule has 0 aliphatic heterocycles. The molecule has 30 heavy (non-hydrogen) atoms. The number of aromatic nitrogens is 2. The van der Waals surface area contributed by atoms with E-state index in [-0.39, 0.29) is 37.7 Å². The van der Waals surface area contributed by atoms with Crippen LogP contribution in [-0.4, -0.2) is 61.0 Å². The molecule has 0 radical (unpaired) electrons. The Kier molecular flexibility index (Phi) is 8.42. The second kappa shape index (κ2) is 11.2. The second-order valence-electron chi connectivity index (χ2n) is 6.02. The van der Waals surface area contributed by atoms with Crippen molar-refractivity contribution in [3.8, 4) is 11.4 Å². The van der Waals surface area contributed by atoms with Crippen molar-refractivity contribution in [1.29, 1.82) is 0 Å². The van der Waals surface area contributed by atoms with E-state index in [4.69, 9.17) is 0 Å². The summed E-state index contributed by atoms with van der Waals surface area (Å²) in [4.78, 5) is 55.2. The highest BCUT2D eigenvalue weighted by atomic mass is 16.5. The minimum Gasteiger partial charge on any atom is -0.469 e. The Morgan fingerprint density at radius 2 is 1.17 bits per heavy atom. The van der Waals surface area contributed by atoms with Gasteiger partial charge in [-0.2, -0.15) is 0 Å². The number of methoxy groups -OCH3 is 2. The Morgan fingerprint density at radius 3 is 1.53 bits per heavy atom. The van der Waals surface area contributed by atoms with Gasteiger partial charge in [0.05, 0.1) is 38.4 Å². The Morgan fingerprint density at radius 1 is 0.767 bits per heavy atom. The van der Waals surface area contributed by atoms with Crippen molar-refractivity contribution in [2.45, 2.75) is 12.8 Å². The van der Waals surface area contributed by atoms with Gasteiger partial charge in [0.15, 0.2) is 0 Å². The number of hydrogen-bond donors (Lipinski definition) is 2. The average Bonchev–Trinajstić information content (AvgIpc) is 2.78. The van der Waals surface area contributed by atoms with Crippen LogP contribution in [0.2, 0.25) is 0 Å². The molecular weight excluding hydrogens is 392 g/mol. The Balaban J connectivity index is 2.05. The number of ether oxygens (including phenoxy) is 2. The fourth-order valence-electron chi connectivity index (χ4n) is 2.39. The number of carbonyl (C=O) groups is 4. The van der Waals surface area contributed by atoms with Gasteiger partial charge in [-0.3, -0.25) is 29.1 Å². The number of nitrogens with zero attached hydrogens (tertiary/aromatic N) is 2. The first-order valence-corrected chi connectivity index (χ1v) is 9.07. The van der Waals surface area contributed by atoms with E-state index >= 15 is 0 Å². The van der Waals surface area contributed by atoms with Crippen LogP contribution >= 0.6 is 0 Å². The lowest BCUT2D eigenvalue weighted by molar-refractivity contribution is -0.141. The van der Waals surface area contributed by atoms with E-state index in [0.29, 0.717) is 22.5 Å². The summed E-state index contributed by atoms with van der Waals surface area (Å²) in [7, 11) is 2.56. The highest BCUT2D eigenvalue weighted by Crippen LogP contribution is 2.17. The lowest BCUT2D eigenvalue weighted by Gasteiger charge is -2.08. The zero-order valence-electron chi connectivity index (χ0n) is 16.6. The fraction of sp³-hybridized carbons (Fsp3) is 0.300. The quantitative estimate of drug-likeness (QED) is 0.573. The number of pyridine rings is 2. The molecule has 2 amide bonds. The topological polar surface area (TPSA) is 137 Å². The van der Waals surface area contributed by atoms with Gasteiger partial charge in [0.25, 0.3) is 11.8 Å². The maximum Gasteiger partial charge on any atom is 0.307 e. The Labute approximate surface area is 173 Å². The first kappa shape index (κ1) is 22.5. The SMILES string of the molecule is COC(=O)CCNC(=O)c1ccnc(-c2cc(C(=O)NCCC(=O)OC)ccn2)c1. The molecule has 0 aliphatic carbocycles. The molecule has 0 spiro atoms. The van der Waals surface area contributed by atoms with Gasteiger partial charge >= 0.3 is 11.9 Å². The van der Waals surface area contributed by atoms with Crippen molar-refractivity contribution in [1.82, 2.24) is 20.6 Å². The van der Waals surface area contributed by atoms with E-state index < -0.39 is 11.9 Å². The average molecular weight is 414 g/mol. The Hall–Kier alpha value is -3.82. The van der Waals surface area contributed by atoms with Crippen LogP contribution in [0, 0.1) is 0 Å². The van der Waals surface area contributed by atoms with Gasteiger partial charge in [-0.15, -0.1) is 0 Å². The molecule has 0 atom stereocenters. The molecule has 0 saturated carbocycles. The molecule has 2 rings (SSSR count). The van der Waals surface area contributed by atoms with Gasteiger partial charge in [-0.05, 0) is 24.3 Å². The third-order valence-electron chi connectivity index (χ3n) is 3.99. The summed E-state index contributed by atoms with van der Waals surface area (Å²) in [6.07, 6.45) is 3.04. The summed E-state index contributed by atoms with van der Waals surface area (Å²) >= 11 is 0. The molecular formula is C20H22N4O6. The third kappa shape index (κ3) is 6.66. The molecule has 158 valence electrons. The molecule has 0 bridgehead atoms. The van der Waals surface area contributed by atoms with Gasteiger partial charge in [0.2, 0.25) is 0 Å². The van der Waals surface area contributed by atoms with Crippen LogP contribution < -0.4 is 10.6 Å². The number of esters is 2. The van der Waals surface area contributed by atoms with E-state index in [1.807, 2.05) is 0 Å². The lowest BCUT2D eigenvalue weighted by Crippen LogP contribution is -2.26. The Bertz CT molecular complexity index is 856. The summed E-state index contributed by atoms with van der Waals surface area (Å²) in [6, 6.07) is 6.13. The molecule has 0 aliphatic rings. The van der Waals surface area contributed by atoms with Gasteiger partial charge in [-0.1, -0.05) is 0 Å². The van der Waals surface area contributed by atoms with Crippen molar-refractivity contribution >= 4 is 23.8 Å². The number of amides is 2. The molecule has 10 nitrogen and oxygen atoms in total. The molecule has 0 fully saturated rings. The van der Waals surface area contributed by atoms with Crippen LogP contribution in [-0.2, 0) is 19.1 Å². The maximum atomic E-state index is 12.3. The van der Waals surface area contributed by atoms with E-state index in [1.165, 1.54) is 50.9 Å². The fourth-order valence-corrected chi connectivity index (χ4v) is 2.39. The summed E-state index contributed by atoms with van der Waals surface area (Å²) < 4.78 is 9.05. The zero-order chi connectivity index (χ0) is 21.9. The number of rotatable bonds is 9. The molecule has 2 aromatic heterocycles. The van der Waals surface area contributed by atoms with E-state index in [0.717, 1.165) is 0 Å². The minimum absolute atomic E-state index is 0.0644. The van der Waals surface area contributed by atoms with Crippen LogP contribution in [0.15, 0.2) is 36.7 Å². The third-order valence-corrected chi connectivity index (χ3v) is 3.99. The van der Waals surface area contributed by atoms with Gasteiger partial charge in [0.1, 0.15) is 0 Å². The van der Waals surface area contributed by atoms with Crippen LogP contribution in [0.4, 0.5) is 0 Å². The number of hydrogen-bond acceptors (Lipinski definition) is 8. The standard InChI is InChI=1S/C20H22N4O6/c1-29-17(25)5-9-23-19(27)13-3-7-21-15(11-13)16-12-14(4-8-22-16)20(28)24-10-6-18(26)30-2/h3-4,7-8,11-12H,5-6,9-10H2,1-2H3,(H,23,27)(H,24,28). The van der Waals surface area contributed by atoms with Gasteiger partial charge < -0.3 is 20.1 Å². The number of carbonyl (C=O) groups excluding carboxylic acids is 4. The molecule has 10 heteroatoms. The van der Waals surface area contributed by atoms with Crippen LogP contribution in [0.1, 0.15) is 33.6 Å². The minimum atomic E-state index is -0.420. The first-order valence-electron chi connectivity index (χ1n) is 9.07. The molecule has 0 unspecified atom stereocenters. The smallest absolute Gasteiger partial charge is 0.307 e. The predicted octanol–water partition coefficient (Wildman–Crippen LogP) is 0.729. The molecule has 2 N–H and O–H groups in total. The molecule has 0 saturated heterocycles. The van der Waals surface area contributed by atoms with E-state index in [2.05, 4.69) is 30.1 Å². The summed E-state index contributed by atoms with van der Waals surface area (Å²) in [6.45, 7) is 0.283. The summed E-state index contributed by atoms with van der Waals surface area (Å²) in [5, 5.41) is 5.24. The maximum absolute atomic E-state index is 12.3. The normalized spacial score (nSPS) is 10.1. The zero-order valence-corrected chi connectivity index (χ0v) is 16.6. The van der Waals surface area contributed by atoms with E-state index in [9.17, 15) is 19.2 Å². The summed E-state index contributed by atoms with van der Waals surface area (Å²) in [5.41, 5.74) is 1.47. The highest BCUT2D eigenvalue weighted by Gasteiger charge is 2.12. The van der Waals surface area contributed by atoms with Crippen molar-refractivity contribution < 1.29 is 28.7 Å². The van der Waals surface area contributed by atoms with Crippen LogP contribution in [0.5, 0.6) is 0 Å². The second-order valence-corrected chi connectivity index (χ2v) is 6.02. The highest BCUT2D eigenvalue weighted by molar-refractivity contribution is 5.96. The number of nitrogens with one attached hydrogen (secondary N) is 2. The van der Waals surface area contributed by atoms with E-state index in [1.54, 1.807) is 0 Å². The van der Waals surface area contributed by atoms with Crippen molar-refractivity contribution in [3.05, 3.63) is 47.8 Å². The van der Waals surface area contributed by atoms with Crippen molar-refractivity contribution in [2.75, 3.05) is 27.3 Å². The van der Waals surface area contributed by atoms with Crippen LogP contribution in [0.25, 0.3) is 11.4 Å². The lowest BCUT2D eigenvalue weighted by atomic mass is 10.1. The summed E-state index contributed by atoms with van der Waals surface area (Å²) in [5.74, 6) is -1.59. The molecule has 2 heterocycles. The van der Waals surface area contributed by atoms with Crippen molar-refractivity contribution in [3.63, 3.8) is 0 Å². The predicted molar refractivity (Wildman–Crippen MR) is 105 cm³/mol. The van der Waals surface area contributed by atoms with Crippen LogP contribution in [0.3, 0.4) is 0 Å².